The molecule has 0 aliphatic carbocycles. The van der Waals surface area contributed by atoms with E-state index in [9.17, 15) is 10.1 Å². The number of rotatable bonds is 4. The number of pyridine rings is 1. The Hall–Kier alpha value is -2.15. The summed E-state index contributed by atoms with van der Waals surface area (Å²) in [5.74, 6) is 0.454. The van der Waals surface area contributed by atoms with E-state index in [1.807, 2.05) is 17.7 Å². The van der Waals surface area contributed by atoms with Gasteiger partial charge in [-0.05, 0) is 34.9 Å². The third kappa shape index (κ3) is 2.57. The molecule has 18 heavy (non-hydrogen) atoms. The van der Waals surface area contributed by atoms with Gasteiger partial charge in [-0.1, -0.05) is 0 Å². The summed E-state index contributed by atoms with van der Waals surface area (Å²) in [5, 5.41) is 17.8. The van der Waals surface area contributed by atoms with Crippen molar-refractivity contribution in [1.29, 1.82) is 0 Å². The van der Waals surface area contributed by atoms with E-state index in [2.05, 4.69) is 10.3 Å². The van der Waals surface area contributed by atoms with E-state index in [1.165, 1.54) is 12.1 Å². The van der Waals surface area contributed by atoms with Crippen LogP contribution in [0.5, 0.6) is 0 Å². The first-order valence-electron chi connectivity index (χ1n) is 5.24. The van der Waals surface area contributed by atoms with E-state index in [0.29, 0.717) is 6.54 Å². The Morgan fingerprint density at radius 2 is 2.28 bits per heavy atom. The van der Waals surface area contributed by atoms with Crippen LogP contribution in [0.2, 0.25) is 0 Å². The van der Waals surface area contributed by atoms with E-state index >= 15 is 0 Å². The SMILES string of the molecule is Cc1cscc1CNc1nc(N)ccc1[N+](=O)[O-]. The van der Waals surface area contributed by atoms with Crippen molar-refractivity contribution in [3.8, 4) is 0 Å². The van der Waals surface area contributed by atoms with Gasteiger partial charge in [0.2, 0.25) is 5.82 Å². The van der Waals surface area contributed by atoms with Crippen molar-refractivity contribution >= 4 is 28.7 Å². The first-order chi connectivity index (χ1) is 8.58. The molecule has 6 nitrogen and oxygen atoms in total. The Bertz CT molecular complexity index is 582. The van der Waals surface area contributed by atoms with Crippen molar-refractivity contribution in [1.82, 2.24) is 4.98 Å². The molecule has 2 rings (SSSR count). The number of nitrogens with one attached hydrogen (secondary N) is 1. The van der Waals surface area contributed by atoms with Crippen LogP contribution >= 0.6 is 11.3 Å². The zero-order valence-electron chi connectivity index (χ0n) is 9.71. The lowest BCUT2D eigenvalue weighted by molar-refractivity contribution is -0.384. The van der Waals surface area contributed by atoms with E-state index in [4.69, 9.17) is 5.73 Å². The van der Waals surface area contributed by atoms with Gasteiger partial charge in [-0.3, -0.25) is 10.1 Å². The molecule has 0 radical (unpaired) electrons. The molecule has 0 unspecified atom stereocenters. The van der Waals surface area contributed by atoms with Gasteiger partial charge in [0, 0.05) is 12.6 Å². The Morgan fingerprint density at radius 1 is 1.50 bits per heavy atom. The lowest BCUT2D eigenvalue weighted by Crippen LogP contribution is -2.06. The van der Waals surface area contributed by atoms with Crippen LogP contribution in [0.1, 0.15) is 11.1 Å². The molecule has 2 heterocycles. The third-order valence-corrected chi connectivity index (χ3v) is 3.41. The quantitative estimate of drug-likeness (QED) is 0.653. The minimum Gasteiger partial charge on any atom is -0.384 e. The lowest BCUT2D eigenvalue weighted by atomic mass is 10.2. The number of anilines is 2. The van der Waals surface area contributed by atoms with Crippen molar-refractivity contribution in [2.24, 2.45) is 0 Å². The largest absolute Gasteiger partial charge is 0.384 e. The number of nitrogen functional groups attached to an aromatic ring is 1. The fourth-order valence-electron chi connectivity index (χ4n) is 1.49. The Morgan fingerprint density at radius 3 is 2.89 bits per heavy atom. The average molecular weight is 264 g/mol. The summed E-state index contributed by atoms with van der Waals surface area (Å²) in [6.45, 7) is 2.49. The van der Waals surface area contributed by atoms with Gasteiger partial charge in [0.15, 0.2) is 0 Å². The monoisotopic (exact) mass is 264 g/mol. The van der Waals surface area contributed by atoms with Crippen molar-refractivity contribution in [2.75, 3.05) is 11.1 Å². The van der Waals surface area contributed by atoms with Gasteiger partial charge >= 0.3 is 5.69 Å². The van der Waals surface area contributed by atoms with Crippen LogP contribution in [0.4, 0.5) is 17.3 Å². The van der Waals surface area contributed by atoms with Gasteiger partial charge in [0.05, 0.1) is 4.92 Å². The molecule has 0 fully saturated rings. The second-order valence-electron chi connectivity index (χ2n) is 3.79. The number of aromatic nitrogens is 1. The highest BCUT2D eigenvalue weighted by Gasteiger charge is 2.15. The molecule has 94 valence electrons. The molecule has 7 heteroatoms. The van der Waals surface area contributed by atoms with Crippen LogP contribution < -0.4 is 11.1 Å². The van der Waals surface area contributed by atoms with E-state index in [1.54, 1.807) is 11.3 Å². The molecular formula is C11H12N4O2S. The van der Waals surface area contributed by atoms with Crippen LogP contribution in [0.25, 0.3) is 0 Å². The zero-order valence-corrected chi connectivity index (χ0v) is 10.5. The fraction of sp³-hybridized carbons (Fsp3) is 0.182. The molecule has 0 aliphatic heterocycles. The number of thiophene rings is 1. The smallest absolute Gasteiger partial charge is 0.311 e. The van der Waals surface area contributed by atoms with Gasteiger partial charge in [-0.15, -0.1) is 0 Å². The molecular weight excluding hydrogens is 252 g/mol. The van der Waals surface area contributed by atoms with Crippen LogP contribution in [-0.2, 0) is 6.54 Å². The zero-order chi connectivity index (χ0) is 13.1. The molecule has 2 aromatic heterocycles. The third-order valence-electron chi connectivity index (χ3n) is 2.50. The van der Waals surface area contributed by atoms with E-state index in [0.717, 1.165) is 11.1 Å². The molecule has 0 aromatic carbocycles. The van der Waals surface area contributed by atoms with Gasteiger partial charge in [-0.2, -0.15) is 11.3 Å². The summed E-state index contributed by atoms with van der Waals surface area (Å²) >= 11 is 1.60. The summed E-state index contributed by atoms with van der Waals surface area (Å²) in [6, 6.07) is 2.77. The second-order valence-corrected chi connectivity index (χ2v) is 4.54. The first kappa shape index (κ1) is 12.3. The summed E-state index contributed by atoms with van der Waals surface area (Å²) < 4.78 is 0. The first-order valence-corrected chi connectivity index (χ1v) is 6.18. The molecule has 0 atom stereocenters. The summed E-state index contributed by atoms with van der Waals surface area (Å²) in [7, 11) is 0. The number of aryl methyl sites for hydroxylation is 1. The fourth-order valence-corrected chi connectivity index (χ4v) is 2.35. The summed E-state index contributed by atoms with van der Waals surface area (Å²) in [5.41, 5.74) is 7.71. The highest BCUT2D eigenvalue weighted by atomic mass is 32.1. The summed E-state index contributed by atoms with van der Waals surface area (Å²) in [6.07, 6.45) is 0. The number of hydrogen-bond donors (Lipinski definition) is 2. The van der Waals surface area contributed by atoms with Crippen molar-refractivity contribution < 1.29 is 4.92 Å². The molecule has 3 N–H and O–H groups in total. The standard InChI is InChI=1S/C11H12N4O2S/c1-7-5-18-6-8(7)4-13-11-9(15(16)17)2-3-10(12)14-11/h2-3,5-6H,4H2,1H3,(H3,12,13,14). The maximum Gasteiger partial charge on any atom is 0.311 e. The highest BCUT2D eigenvalue weighted by Crippen LogP contribution is 2.24. The molecule has 0 bridgehead atoms. The van der Waals surface area contributed by atoms with Crippen LogP contribution in [0.3, 0.4) is 0 Å². The van der Waals surface area contributed by atoms with Crippen LogP contribution in [0, 0.1) is 17.0 Å². The van der Waals surface area contributed by atoms with Crippen molar-refractivity contribution in [2.45, 2.75) is 13.5 Å². The maximum atomic E-state index is 10.8. The van der Waals surface area contributed by atoms with Crippen molar-refractivity contribution in [3.63, 3.8) is 0 Å². The Labute approximate surface area is 108 Å². The van der Waals surface area contributed by atoms with Crippen molar-refractivity contribution in [3.05, 3.63) is 44.1 Å². The summed E-state index contributed by atoms with van der Waals surface area (Å²) in [4.78, 5) is 14.3. The molecule has 0 saturated heterocycles. The second kappa shape index (κ2) is 5.01. The molecule has 0 aliphatic rings. The van der Waals surface area contributed by atoms with E-state index in [-0.39, 0.29) is 17.3 Å². The van der Waals surface area contributed by atoms with E-state index < -0.39 is 4.92 Å². The predicted octanol–water partition coefficient (Wildman–Crippen LogP) is 2.55. The van der Waals surface area contributed by atoms with Gasteiger partial charge in [0.25, 0.3) is 0 Å². The number of nitrogens with zero attached hydrogens (tertiary/aromatic N) is 2. The number of nitro groups is 1. The van der Waals surface area contributed by atoms with Gasteiger partial charge < -0.3 is 11.1 Å². The van der Waals surface area contributed by atoms with Crippen LogP contribution in [-0.4, -0.2) is 9.91 Å². The average Bonchev–Trinajstić information content (AvgIpc) is 2.72. The minimum absolute atomic E-state index is 0.0721. The minimum atomic E-state index is -0.477. The van der Waals surface area contributed by atoms with Crippen LogP contribution in [0.15, 0.2) is 22.9 Å². The number of hydrogen-bond acceptors (Lipinski definition) is 6. The van der Waals surface area contributed by atoms with Gasteiger partial charge in [0.1, 0.15) is 5.82 Å². The maximum absolute atomic E-state index is 10.8. The number of nitrogens with two attached hydrogens (primary N) is 1. The molecule has 0 spiro atoms. The molecule has 0 saturated carbocycles. The van der Waals surface area contributed by atoms with Gasteiger partial charge in [-0.25, -0.2) is 4.98 Å². The lowest BCUT2D eigenvalue weighted by Gasteiger charge is -2.06. The molecule has 0 amide bonds. The Balaban J connectivity index is 2.20. The molecule has 2 aromatic rings. The Kier molecular flexibility index (Phi) is 3.42. The normalized spacial score (nSPS) is 10.3. The topological polar surface area (TPSA) is 94.1 Å². The predicted molar refractivity (Wildman–Crippen MR) is 71.7 cm³/mol. The highest BCUT2D eigenvalue weighted by molar-refractivity contribution is 7.08.